The summed E-state index contributed by atoms with van der Waals surface area (Å²) in [6, 6.07) is 5.84. The molecule has 0 saturated heterocycles. The van der Waals surface area contributed by atoms with Crippen LogP contribution >= 0.6 is 50.7 Å². The van der Waals surface area contributed by atoms with Crippen molar-refractivity contribution >= 4 is 61.5 Å². The minimum atomic E-state index is 0.276. The molecular weight excluding hydrogens is 351 g/mol. The minimum absolute atomic E-state index is 0.276. The number of hydrogen-bond donors (Lipinski definition) is 2. The van der Waals surface area contributed by atoms with Gasteiger partial charge in [0, 0.05) is 3.57 Å². The van der Waals surface area contributed by atoms with E-state index in [0.717, 1.165) is 13.7 Å². The smallest absolute Gasteiger partial charge is 0.168 e. The van der Waals surface area contributed by atoms with Crippen molar-refractivity contribution in [2.75, 3.05) is 5.32 Å². The average Bonchev–Trinajstić information content (AvgIpc) is 1.98. The second-order valence-corrected chi connectivity index (χ2v) is 4.49. The van der Waals surface area contributed by atoms with Gasteiger partial charge in [-0.2, -0.15) is 0 Å². The molecule has 12 heavy (non-hydrogen) atoms. The third-order valence-electron chi connectivity index (χ3n) is 1.21. The van der Waals surface area contributed by atoms with Crippen LogP contribution in [0.25, 0.3) is 0 Å². The summed E-state index contributed by atoms with van der Waals surface area (Å²) in [7, 11) is 0. The summed E-state index contributed by atoms with van der Waals surface area (Å²) >= 11 is 10.4. The molecule has 0 bridgehead atoms. The zero-order valence-corrected chi connectivity index (χ0v) is 10.5. The van der Waals surface area contributed by atoms with Crippen LogP contribution < -0.4 is 11.1 Å². The van der Waals surface area contributed by atoms with Crippen LogP contribution in [-0.2, 0) is 0 Å². The van der Waals surface area contributed by atoms with Crippen LogP contribution in [0.2, 0.25) is 0 Å². The molecule has 0 aliphatic heterocycles. The van der Waals surface area contributed by atoms with E-state index in [9.17, 15) is 0 Å². The second-order valence-electron chi connectivity index (χ2n) is 2.09. The molecule has 5 heteroatoms. The van der Waals surface area contributed by atoms with Crippen LogP contribution in [-0.4, -0.2) is 5.11 Å². The van der Waals surface area contributed by atoms with Crippen LogP contribution in [0.1, 0.15) is 0 Å². The van der Waals surface area contributed by atoms with E-state index < -0.39 is 0 Å². The van der Waals surface area contributed by atoms with Gasteiger partial charge in [-0.1, -0.05) is 6.07 Å². The van der Waals surface area contributed by atoms with Crippen LogP contribution in [0.5, 0.6) is 0 Å². The molecule has 0 aromatic heterocycles. The Morgan fingerprint density at radius 2 is 2.25 bits per heavy atom. The first-order chi connectivity index (χ1) is 5.61. The fraction of sp³-hybridized carbons (Fsp3) is 0. The van der Waals surface area contributed by atoms with E-state index in [1.807, 2.05) is 18.2 Å². The quantitative estimate of drug-likeness (QED) is 0.600. The highest BCUT2D eigenvalue weighted by atomic mass is 127. The van der Waals surface area contributed by atoms with E-state index in [1.54, 1.807) is 0 Å². The van der Waals surface area contributed by atoms with Gasteiger partial charge in [0.2, 0.25) is 0 Å². The second kappa shape index (κ2) is 4.38. The highest BCUT2D eigenvalue weighted by molar-refractivity contribution is 14.1. The Morgan fingerprint density at radius 3 is 2.83 bits per heavy atom. The standard InChI is InChI=1S/C7H6BrIN2S/c8-6-4(9)2-1-3-5(6)11-7(10)12/h1-3H,(H3,10,11,12). The van der Waals surface area contributed by atoms with Crippen LogP contribution in [0.15, 0.2) is 22.7 Å². The predicted octanol–water partition coefficient (Wildman–Crippen LogP) is 2.71. The number of nitrogens with two attached hydrogens (primary N) is 1. The molecule has 0 unspecified atom stereocenters. The number of halogens is 2. The molecule has 3 N–H and O–H groups in total. The van der Waals surface area contributed by atoms with Gasteiger partial charge in [0.15, 0.2) is 5.11 Å². The van der Waals surface area contributed by atoms with E-state index in [1.165, 1.54) is 0 Å². The van der Waals surface area contributed by atoms with Crippen molar-refractivity contribution in [1.82, 2.24) is 0 Å². The van der Waals surface area contributed by atoms with Gasteiger partial charge in [-0.25, -0.2) is 0 Å². The largest absolute Gasteiger partial charge is 0.376 e. The maximum atomic E-state index is 5.34. The summed E-state index contributed by atoms with van der Waals surface area (Å²) in [5.74, 6) is 0. The number of nitrogens with one attached hydrogen (secondary N) is 1. The van der Waals surface area contributed by atoms with Crippen molar-refractivity contribution in [3.63, 3.8) is 0 Å². The minimum Gasteiger partial charge on any atom is -0.376 e. The van der Waals surface area contributed by atoms with Gasteiger partial charge >= 0.3 is 0 Å². The Morgan fingerprint density at radius 1 is 1.58 bits per heavy atom. The van der Waals surface area contributed by atoms with E-state index >= 15 is 0 Å². The summed E-state index contributed by atoms with van der Waals surface area (Å²) in [6.07, 6.45) is 0. The Balaban J connectivity index is 3.00. The highest BCUT2D eigenvalue weighted by Crippen LogP contribution is 2.27. The van der Waals surface area contributed by atoms with Crippen molar-refractivity contribution in [3.05, 3.63) is 26.2 Å². The molecule has 0 amide bonds. The van der Waals surface area contributed by atoms with E-state index in [4.69, 9.17) is 18.0 Å². The van der Waals surface area contributed by atoms with Crippen molar-refractivity contribution in [2.45, 2.75) is 0 Å². The lowest BCUT2D eigenvalue weighted by molar-refractivity contribution is 1.53. The number of rotatable bonds is 1. The fourth-order valence-electron chi connectivity index (χ4n) is 0.733. The molecule has 0 spiro atoms. The molecule has 0 fully saturated rings. The third-order valence-corrected chi connectivity index (χ3v) is 3.81. The summed E-state index contributed by atoms with van der Waals surface area (Å²) in [5.41, 5.74) is 6.24. The number of hydrogen-bond acceptors (Lipinski definition) is 1. The molecular formula is C7H6BrIN2S. The number of thiocarbonyl (C=S) groups is 1. The maximum absolute atomic E-state index is 5.34. The molecule has 0 atom stereocenters. The lowest BCUT2D eigenvalue weighted by atomic mass is 10.3. The zero-order valence-electron chi connectivity index (χ0n) is 5.97. The van der Waals surface area contributed by atoms with Gasteiger partial charge in [-0.3, -0.25) is 0 Å². The molecule has 1 aromatic rings. The molecule has 0 aliphatic carbocycles. The summed E-state index contributed by atoms with van der Waals surface area (Å²) in [5, 5.41) is 3.15. The van der Waals surface area contributed by atoms with Crippen molar-refractivity contribution < 1.29 is 0 Å². The van der Waals surface area contributed by atoms with Gasteiger partial charge in [0.25, 0.3) is 0 Å². The first-order valence-electron chi connectivity index (χ1n) is 3.11. The van der Waals surface area contributed by atoms with E-state index in [0.29, 0.717) is 0 Å². The summed E-state index contributed by atoms with van der Waals surface area (Å²) in [4.78, 5) is 0. The van der Waals surface area contributed by atoms with E-state index in [2.05, 4.69) is 43.8 Å². The zero-order chi connectivity index (χ0) is 9.14. The fourth-order valence-corrected chi connectivity index (χ4v) is 1.70. The predicted molar refractivity (Wildman–Crippen MR) is 67.3 cm³/mol. The highest BCUT2D eigenvalue weighted by Gasteiger charge is 2.02. The van der Waals surface area contributed by atoms with Crippen LogP contribution in [0, 0.1) is 3.57 Å². The Kier molecular flexibility index (Phi) is 3.73. The van der Waals surface area contributed by atoms with Crippen molar-refractivity contribution in [1.29, 1.82) is 0 Å². The molecule has 1 rings (SSSR count). The molecule has 0 aliphatic rings. The summed E-state index contributed by atoms with van der Waals surface area (Å²) in [6.45, 7) is 0. The van der Waals surface area contributed by atoms with E-state index in [-0.39, 0.29) is 5.11 Å². The Bertz CT molecular complexity index is 316. The van der Waals surface area contributed by atoms with Crippen LogP contribution in [0.4, 0.5) is 5.69 Å². The van der Waals surface area contributed by atoms with Crippen molar-refractivity contribution in [3.8, 4) is 0 Å². The topological polar surface area (TPSA) is 38.0 Å². The van der Waals surface area contributed by atoms with Gasteiger partial charge in [0.05, 0.1) is 10.2 Å². The SMILES string of the molecule is NC(=S)Nc1cccc(I)c1Br. The molecule has 64 valence electrons. The lowest BCUT2D eigenvalue weighted by Gasteiger charge is -2.06. The summed E-state index contributed by atoms with van der Waals surface area (Å²) < 4.78 is 2.10. The molecule has 2 nitrogen and oxygen atoms in total. The first-order valence-corrected chi connectivity index (χ1v) is 5.39. The Labute approximate surface area is 98.2 Å². The third kappa shape index (κ3) is 2.56. The van der Waals surface area contributed by atoms with Crippen LogP contribution in [0.3, 0.4) is 0 Å². The van der Waals surface area contributed by atoms with Gasteiger partial charge in [-0.15, -0.1) is 0 Å². The van der Waals surface area contributed by atoms with Gasteiger partial charge in [0.1, 0.15) is 0 Å². The number of benzene rings is 1. The van der Waals surface area contributed by atoms with Gasteiger partial charge in [-0.05, 0) is 62.9 Å². The molecule has 1 aromatic carbocycles. The normalized spacial score (nSPS) is 9.50. The van der Waals surface area contributed by atoms with Gasteiger partial charge < -0.3 is 11.1 Å². The Hall–Kier alpha value is 0.120. The first kappa shape index (κ1) is 10.2. The maximum Gasteiger partial charge on any atom is 0.168 e. The molecule has 0 saturated carbocycles. The average molecular weight is 357 g/mol. The monoisotopic (exact) mass is 356 g/mol. The number of anilines is 1. The van der Waals surface area contributed by atoms with Crippen molar-refractivity contribution in [2.24, 2.45) is 5.73 Å². The molecule has 0 heterocycles. The lowest BCUT2D eigenvalue weighted by Crippen LogP contribution is -2.19. The molecule has 0 radical (unpaired) electrons.